The Balaban J connectivity index is 1.73. The molecule has 8 heteroatoms. The van der Waals surface area contributed by atoms with Crippen molar-refractivity contribution in [1.29, 1.82) is 0 Å². The highest BCUT2D eigenvalue weighted by Crippen LogP contribution is 2.32. The van der Waals surface area contributed by atoms with Crippen LogP contribution < -0.4 is 10.6 Å². The molecule has 0 spiro atoms. The van der Waals surface area contributed by atoms with Gasteiger partial charge in [0.15, 0.2) is 6.61 Å². The molecule has 1 aromatic heterocycles. The Labute approximate surface area is 173 Å². The van der Waals surface area contributed by atoms with E-state index in [0.717, 1.165) is 22.6 Å². The number of ether oxygens (including phenoxy) is 1. The van der Waals surface area contributed by atoms with Gasteiger partial charge in [0.2, 0.25) is 5.91 Å². The molecule has 0 aliphatic rings. The second kappa shape index (κ2) is 10.9. The van der Waals surface area contributed by atoms with Gasteiger partial charge in [-0.25, -0.2) is 4.79 Å². The number of amides is 2. The number of hydrogen-bond acceptors (Lipinski definition) is 6. The molecule has 0 unspecified atom stereocenters. The van der Waals surface area contributed by atoms with E-state index in [1.54, 1.807) is 18.7 Å². The zero-order chi connectivity index (χ0) is 20.5. The van der Waals surface area contributed by atoms with Crippen molar-refractivity contribution in [3.63, 3.8) is 0 Å². The summed E-state index contributed by atoms with van der Waals surface area (Å²) in [7, 11) is 0. The van der Waals surface area contributed by atoms with E-state index in [1.165, 1.54) is 23.2 Å². The highest BCUT2D eigenvalue weighted by molar-refractivity contribution is 7.99. The predicted octanol–water partition coefficient (Wildman–Crippen LogP) is 3.78. The average molecular weight is 421 g/mol. The molecule has 6 nitrogen and oxygen atoms in total. The third kappa shape index (κ3) is 6.69. The zero-order valence-electron chi connectivity index (χ0n) is 16.2. The van der Waals surface area contributed by atoms with E-state index in [-0.39, 0.29) is 18.4 Å². The number of aryl methyl sites for hydroxylation is 1. The molecule has 2 rings (SSSR count). The standard InChI is InChI=1S/C20H24N2O4S2/c1-13-14(2)28-19(22-15(3)23)18(13)20(25)26-12-17(24)21-10-7-11-27-16-8-5-4-6-9-16/h4-6,8-9H,7,10-12H2,1-3H3,(H,21,24)(H,22,23). The number of esters is 1. The second-order valence-corrected chi connectivity index (χ2v) is 8.50. The molecule has 1 aromatic carbocycles. The minimum atomic E-state index is -0.611. The first-order chi connectivity index (χ1) is 13.4. The van der Waals surface area contributed by atoms with Crippen molar-refractivity contribution in [2.45, 2.75) is 32.1 Å². The van der Waals surface area contributed by atoms with Crippen LogP contribution in [0.3, 0.4) is 0 Å². The van der Waals surface area contributed by atoms with Crippen LogP contribution >= 0.6 is 23.1 Å². The molecule has 0 atom stereocenters. The number of nitrogens with one attached hydrogen (secondary N) is 2. The topological polar surface area (TPSA) is 84.5 Å². The van der Waals surface area contributed by atoms with Gasteiger partial charge in [0, 0.05) is 23.2 Å². The van der Waals surface area contributed by atoms with Gasteiger partial charge in [-0.2, -0.15) is 0 Å². The first-order valence-electron chi connectivity index (χ1n) is 8.87. The molecule has 1 heterocycles. The molecular formula is C20H24N2O4S2. The quantitative estimate of drug-likeness (QED) is 0.366. The summed E-state index contributed by atoms with van der Waals surface area (Å²) in [5.74, 6) is -0.331. The van der Waals surface area contributed by atoms with Gasteiger partial charge in [-0.3, -0.25) is 9.59 Å². The minimum absolute atomic E-state index is 0.263. The van der Waals surface area contributed by atoms with Gasteiger partial charge < -0.3 is 15.4 Å². The molecule has 28 heavy (non-hydrogen) atoms. The molecule has 0 radical (unpaired) electrons. The normalized spacial score (nSPS) is 10.4. The number of rotatable bonds is 9. The van der Waals surface area contributed by atoms with Crippen LogP contribution in [0, 0.1) is 13.8 Å². The smallest absolute Gasteiger partial charge is 0.341 e. The lowest BCUT2D eigenvalue weighted by atomic mass is 10.1. The first kappa shape index (κ1) is 22.0. The summed E-state index contributed by atoms with van der Waals surface area (Å²) in [6, 6.07) is 10.1. The molecule has 0 bridgehead atoms. The summed E-state index contributed by atoms with van der Waals surface area (Å²) in [5.41, 5.74) is 1.06. The molecule has 0 aliphatic carbocycles. The van der Waals surface area contributed by atoms with Crippen LogP contribution in [0.5, 0.6) is 0 Å². The van der Waals surface area contributed by atoms with Crippen molar-refractivity contribution in [2.75, 3.05) is 24.2 Å². The van der Waals surface area contributed by atoms with Crippen molar-refractivity contribution in [3.8, 4) is 0 Å². The van der Waals surface area contributed by atoms with Crippen LogP contribution in [0.1, 0.15) is 34.1 Å². The molecule has 0 saturated carbocycles. The van der Waals surface area contributed by atoms with E-state index in [2.05, 4.69) is 10.6 Å². The highest BCUT2D eigenvalue weighted by atomic mass is 32.2. The number of carbonyl (C=O) groups is 3. The first-order valence-corrected chi connectivity index (χ1v) is 10.7. The Morgan fingerprint density at radius 3 is 2.54 bits per heavy atom. The fourth-order valence-corrected chi connectivity index (χ4v) is 4.35. The molecule has 0 fully saturated rings. The summed E-state index contributed by atoms with van der Waals surface area (Å²) < 4.78 is 5.13. The number of thiophene rings is 1. The Morgan fingerprint density at radius 1 is 1.14 bits per heavy atom. The van der Waals surface area contributed by atoms with Gasteiger partial charge in [-0.15, -0.1) is 23.1 Å². The fourth-order valence-electron chi connectivity index (χ4n) is 2.38. The SMILES string of the molecule is CC(=O)Nc1sc(C)c(C)c1C(=O)OCC(=O)NCCCSc1ccccc1. The van der Waals surface area contributed by atoms with Crippen LogP contribution in [-0.4, -0.2) is 36.7 Å². The average Bonchev–Trinajstić information content (AvgIpc) is 2.93. The van der Waals surface area contributed by atoms with E-state index in [0.29, 0.717) is 17.1 Å². The van der Waals surface area contributed by atoms with Crippen LogP contribution in [-0.2, 0) is 14.3 Å². The lowest BCUT2D eigenvalue weighted by Crippen LogP contribution is -2.30. The number of thioether (sulfide) groups is 1. The van der Waals surface area contributed by atoms with Gasteiger partial charge in [0.25, 0.3) is 5.91 Å². The summed E-state index contributed by atoms with van der Waals surface area (Å²) in [4.78, 5) is 37.7. The van der Waals surface area contributed by atoms with Gasteiger partial charge >= 0.3 is 5.97 Å². The van der Waals surface area contributed by atoms with E-state index >= 15 is 0 Å². The van der Waals surface area contributed by atoms with Crippen LogP contribution in [0.25, 0.3) is 0 Å². The monoisotopic (exact) mass is 420 g/mol. The molecule has 150 valence electrons. The third-order valence-corrected chi connectivity index (χ3v) is 6.09. The van der Waals surface area contributed by atoms with Gasteiger partial charge in [-0.05, 0) is 43.7 Å². The Bertz CT molecular complexity index is 834. The summed E-state index contributed by atoms with van der Waals surface area (Å²) in [6.45, 7) is 5.20. The Kier molecular flexibility index (Phi) is 8.53. The molecule has 2 N–H and O–H groups in total. The van der Waals surface area contributed by atoms with Crippen molar-refractivity contribution >= 4 is 45.9 Å². The number of carbonyl (C=O) groups excluding carboxylic acids is 3. The molecule has 2 amide bonds. The number of hydrogen-bond donors (Lipinski definition) is 2. The fraction of sp³-hybridized carbons (Fsp3) is 0.350. The van der Waals surface area contributed by atoms with Gasteiger partial charge in [0.1, 0.15) is 5.00 Å². The summed E-state index contributed by atoms with van der Waals surface area (Å²) in [6.07, 6.45) is 0.814. The van der Waals surface area contributed by atoms with Crippen LogP contribution in [0.2, 0.25) is 0 Å². The largest absolute Gasteiger partial charge is 0.452 e. The van der Waals surface area contributed by atoms with Gasteiger partial charge in [-0.1, -0.05) is 18.2 Å². The maximum Gasteiger partial charge on any atom is 0.341 e. The van der Waals surface area contributed by atoms with Crippen LogP contribution in [0.15, 0.2) is 35.2 Å². The molecule has 2 aromatic rings. The third-order valence-electron chi connectivity index (χ3n) is 3.87. The molecule has 0 aliphatic heterocycles. The van der Waals surface area contributed by atoms with Crippen LogP contribution in [0.4, 0.5) is 5.00 Å². The maximum absolute atomic E-state index is 12.4. The van der Waals surface area contributed by atoms with E-state index in [4.69, 9.17) is 4.74 Å². The molecule has 0 saturated heterocycles. The summed E-state index contributed by atoms with van der Waals surface area (Å²) >= 11 is 3.04. The van der Waals surface area contributed by atoms with Crippen molar-refractivity contribution in [3.05, 3.63) is 46.3 Å². The minimum Gasteiger partial charge on any atom is -0.452 e. The van der Waals surface area contributed by atoms with E-state index in [9.17, 15) is 14.4 Å². The van der Waals surface area contributed by atoms with Crippen molar-refractivity contribution in [1.82, 2.24) is 5.32 Å². The Hall–Kier alpha value is -2.32. The van der Waals surface area contributed by atoms with E-state index in [1.807, 2.05) is 37.3 Å². The maximum atomic E-state index is 12.4. The van der Waals surface area contributed by atoms with Crippen molar-refractivity contribution in [2.24, 2.45) is 0 Å². The lowest BCUT2D eigenvalue weighted by molar-refractivity contribution is -0.124. The highest BCUT2D eigenvalue weighted by Gasteiger charge is 2.22. The molecular weight excluding hydrogens is 396 g/mol. The van der Waals surface area contributed by atoms with Crippen molar-refractivity contribution < 1.29 is 19.1 Å². The zero-order valence-corrected chi connectivity index (χ0v) is 17.8. The predicted molar refractivity (Wildman–Crippen MR) is 113 cm³/mol. The lowest BCUT2D eigenvalue weighted by Gasteiger charge is -2.08. The number of benzene rings is 1. The van der Waals surface area contributed by atoms with E-state index < -0.39 is 5.97 Å². The summed E-state index contributed by atoms with van der Waals surface area (Å²) in [5, 5.41) is 5.84. The Morgan fingerprint density at radius 2 is 1.86 bits per heavy atom. The number of anilines is 1. The second-order valence-electron chi connectivity index (χ2n) is 6.11. The van der Waals surface area contributed by atoms with Gasteiger partial charge in [0.05, 0.1) is 5.56 Å².